The topological polar surface area (TPSA) is 115 Å². The molecular weight excluding hydrogens is 398 g/mol. The molecule has 0 aromatic heterocycles. The maximum absolute atomic E-state index is 8.56. The number of rotatable bonds is 18. The zero-order chi connectivity index (χ0) is 24.4. The Morgan fingerprint density at radius 2 is 0.677 bits per heavy atom. The number of nitrogens with zero attached hydrogens (tertiary/aromatic N) is 1. The minimum Gasteiger partial charge on any atom is -0.450 e. The van der Waals surface area contributed by atoms with E-state index in [4.69, 9.17) is 30.0 Å². The summed E-state index contributed by atoms with van der Waals surface area (Å²) >= 11 is 0. The van der Waals surface area contributed by atoms with Crippen molar-refractivity contribution in [2.75, 3.05) is 27.2 Å². The third kappa shape index (κ3) is 47.6. The first-order chi connectivity index (χ1) is 14.6. The van der Waals surface area contributed by atoms with Gasteiger partial charge in [0.2, 0.25) is 0 Å². The highest BCUT2D eigenvalue weighted by Crippen LogP contribution is 2.13. The van der Waals surface area contributed by atoms with E-state index in [9.17, 15) is 0 Å². The Hall–Kier alpha value is -1.50. The number of carboxylic acid groups (broad SMARTS) is 4. The van der Waals surface area contributed by atoms with E-state index in [2.05, 4.69) is 27.9 Å². The van der Waals surface area contributed by atoms with Gasteiger partial charge in [0, 0.05) is 0 Å². The molecule has 7 nitrogen and oxygen atoms in total. The highest BCUT2D eigenvalue weighted by atomic mass is 16.6. The lowest BCUT2D eigenvalue weighted by Crippen LogP contribution is -2.41. The van der Waals surface area contributed by atoms with Crippen LogP contribution in [0.5, 0.6) is 0 Å². The van der Waals surface area contributed by atoms with Crippen LogP contribution in [0, 0.1) is 0 Å². The summed E-state index contributed by atoms with van der Waals surface area (Å²) in [5, 5.41) is 27.9. The average Bonchev–Trinajstić information content (AvgIpc) is 2.65. The van der Waals surface area contributed by atoms with Crippen molar-refractivity contribution in [1.29, 1.82) is 0 Å². The van der Waals surface area contributed by atoms with Crippen LogP contribution in [-0.2, 0) is 0 Å². The lowest BCUT2D eigenvalue weighted by atomic mass is 10.1. The molecule has 0 bridgehead atoms. The predicted molar refractivity (Wildman–Crippen MR) is 128 cm³/mol. The zero-order valence-corrected chi connectivity index (χ0v) is 20.8. The van der Waals surface area contributed by atoms with Crippen LogP contribution in [0.2, 0.25) is 0 Å². The highest BCUT2D eigenvalue weighted by molar-refractivity contribution is 5.53. The molecular formula is C24H52NO6+. The number of quaternary nitrogens is 1. The number of unbranched alkanes of at least 4 members (excludes halogenated alkanes) is 14. The molecule has 0 saturated carbocycles. The van der Waals surface area contributed by atoms with E-state index in [0.717, 1.165) is 0 Å². The standard InChI is InChI=1S/C22H48N.2CH2O3/c1-5-7-9-11-13-15-17-19-21-23(3,4)22-20-18-16-14-12-10-8-6-2;2*2-1(3)4/h5-22H2,1-4H3;2*(H2,2,3,4)/q+1;;. The van der Waals surface area contributed by atoms with Gasteiger partial charge >= 0.3 is 12.3 Å². The van der Waals surface area contributed by atoms with Gasteiger partial charge in [-0.2, -0.15) is 0 Å². The summed E-state index contributed by atoms with van der Waals surface area (Å²) in [5.74, 6) is 0. The fourth-order valence-electron chi connectivity index (χ4n) is 3.46. The number of hydrogen-bond donors (Lipinski definition) is 4. The van der Waals surface area contributed by atoms with Crippen LogP contribution in [-0.4, -0.2) is 64.4 Å². The second kappa shape index (κ2) is 26.5. The molecule has 0 heterocycles. The van der Waals surface area contributed by atoms with Crippen molar-refractivity contribution >= 4 is 12.3 Å². The molecule has 7 heteroatoms. The van der Waals surface area contributed by atoms with Crippen molar-refractivity contribution in [1.82, 2.24) is 0 Å². The van der Waals surface area contributed by atoms with Crippen molar-refractivity contribution in [2.45, 2.75) is 117 Å². The Balaban J connectivity index is -0.000000832. The molecule has 0 aliphatic carbocycles. The fourth-order valence-corrected chi connectivity index (χ4v) is 3.46. The molecule has 0 aromatic carbocycles. The summed E-state index contributed by atoms with van der Waals surface area (Å²) in [4.78, 5) is 17.1. The van der Waals surface area contributed by atoms with E-state index in [0.29, 0.717) is 0 Å². The number of hydrogen-bond acceptors (Lipinski definition) is 2. The summed E-state index contributed by atoms with van der Waals surface area (Å²) in [6, 6.07) is 0. The van der Waals surface area contributed by atoms with E-state index in [1.807, 2.05) is 0 Å². The van der Waals surface area contributed by atoms with Gasteiger partial charge in [-0.1, -0.05) is 90.9 Å². The molecule has 0 aliphatic heterocycles. The summed E-state index contributed by atoms with van der Waals surface area (Å²) < 4.78 is 1.24. The predicted octanol–water partition coefficient (Wildman–Crippen LogP) is 7.79. The van der Waals surface area contributed by atoms with E-state index in [1.54, 1.807) is 0 Å². The van der Waals surface area contributed by atoms with Gasteiger partial charge in [-0.15, -0.1) is 0 Å². The van der Waals surface area contributed by atoms with Crippen molar-refractivity contribution in [3.8, 4) is 0 Å². The molecule has 0 aliphatic rings. The monoisotopic (exact) mass is 450 g/mol. The molecule has 0 rings (SSSR count). The van der Waals surface area contributed by atoms with Crippen molar-refractivity contribution < 1.29 is 34.5 Å². The quantitative estimate of drug-likeness (QED) is 0.125. The lowest BCUT2D eigenvalue weighted by molar-refractivity contribution is -0.890. The molecule has 0 saturated heterocycles. The maximum atomic E-state index is 8.56. The Bertz CT molecular complexity index is 346. The number of carbonyl (C=O) groups is 2. The van der Waals surface area contributed by atoms with Crippen molar-refractivity contribution in [2.24, 2.45) is 0 Å². The van der Waals surface area contributed by atoms with Crippen LogP contribution in [0.1, 0.15) is 117 Å². The summed E-state index contributed by atoms with van der Waals surface area (Å²) in [7, 11) is 4.87. The maximum Gasteiger partial charge on any atom is 0.503 e. The largest absolute Gasteiger partial charge is 0.503 e. The molecule has 0 aromatic rings. The normalized spacial score (nSPS) is 10.5. The fraction of sp³-hybridized carbons (Fsp3) is 0.917. The van der Waals surface area contributed by atoms with E-state index in [1.165, 1.54) is 120 Å². The SMILES string of the molecule is CCCCCCCCCC[N+](C)(C)CCCCCCCCCC.O=C(O)O.O=C(O)O. The van der Waals surface area contributed by atoms with E-state index in [-0.39, 0.29) is 0 Å². The van der Waals surface area contributed by atoms with E-state index >= 15 is 0 Å². The molecule has 0 fully saturated rings. The van der Waals surface area contributed by atoms with Gasteiger partial charge in [0.25, 0.3) is 0 Å². The smallest absolute Gasteiger partial charge is 0.450 e. The third-order valence-corrected chi connectivity index (χ3v) is 5.23. The zero-order valence-electron chi connectivity index (χ0n) is 20.8. The van der Waals surface area contributed by atoms with Gasteiger partial charge in [-0.05, 0) is 25.7 Å². The first-order valence-corrected chi connectivity index (χ1v) is 12.2. The Labute approximate surface area is 191 Å². The minimum absolute atomic E-state index is 1.24. The summed E-state index contributed by atoms with van der Waals surface area (Å²) in [6.45, 7) is 7.36. The molecule has 0 spiro atoms. The Morgan fingerprint density at radius 1 is 0.484 bits per heavy atom. The minimum atomic E-state index is -1.83. The first kappa shape index (κ1) is 34.1. The summed E-state index contributed by atoms with van der Waals surface area (Å²) in [6.07, 6.45) is 19.4. The summed E-state index contributed by atoms with van der Waals surface area (Å²) in [5.41, 5.74) is 0. The van der Waals surface area contributed by atoms with Crippen LogP contribution in [0.15, 0.2) is 0 Å². The van der Waals surface area contributed by atoms with Gasteiger partial charge in [-0.3, -0.25) is 0 Å². The molecule has 31 heavy (non-hydrogen) atoms. The van der Waals surface area contributed by atoms with Crippen LogP contribution in [0.4, 0.5) is 9.59 Å². The van der Waals surface area contributed by atoms with Crippen molar-refractivity contribution in [3.05, 3.63) is 0 Å². The van der Waals surface area contributed by atoms with Crippen LogP contribution in [0.3, 0.4) is 0 Å². The van der Waals surface area contributed by atoms with Gasteiger partial charge in [0.15, 0.2) is 0 Å². The first-order valence-electron chi connectivity index (χ1n) is 12.2. The molecule has 0 atom stereocenters. The average molecular weight is 451 g/mol. The Kier molecular flexibility index (Phi) is 29.2. The Morgan fingerprint density at radius 3 is 0.903 bits per heavy atom. The van der Waals surface area contributed by atoms with Crippen LogP contribution in [0.25, 0.3) is 0 Å². The van der Waals surface area contributed by atoms with Gasteiger partial charge < -0.3 is 24.9 Å². The molecule has 0 unspecified atom stereocenters. The second-order valence-corrected chi connectivity index (χ2v) is 8.90. The van der Waals surface area contributed by atoms with E-state index < -0.39 is 12.3 Å². The highest BCUT2D eigenvalue weighted by Gasteiger charge is 2.13. The molecule has 0 radical (unpaired) electrons. The second-order valence-electron chi connectivity index (χ2n) is 8.90. The molecule has 0 amide bonds. The third-order valence-electron chi connectivity index (χ3n) is 5.23. The van der Waals surface area contributed by atoms with Crippen LogP contribution < -0.4 is 0 Å². The van der Waals surface area contributed by atoms with Gasteiger partial charge in [0.1, 0.15) is 0 Å². The molecule has 188 valence electrons. The van der Waals surface area contributed by atoms with Gasteiger partial charge in [-0.25, -0.2) is 9.59 Å². The van der Waals surface area contributed by atoms with Gasteiger partial charge in [0.05, 0.1) is 27.2 Å². The molecule has 4 N–H and O–H groups in total. The lowest BCUT2D eigenvalue weighted by Gasteiger charge is -2.30. The van der Waals surface area contributed by atoms with Crippen LogP contribution >= 0.6 is 0 Å². The van der Waals surface area contributed by atoms with Crippen molar-refractivity contribution in [3.63, 3.8) is 0 Å².